The molecule has 0 bridgehead atoms. The van der Waals surface area contributed by atoms with E-state index < -0.39 is 28.6 Å². The lowest BCUT2D eigenvalue weighted by Gasteiger charge is -2.41. The highest BCUT2D eigenvalue weighted by molar-refractivity contribution is 7.74. The second-order valence-corrected chi connectivity index (χ2v) is 41.7. The van der Waals surface area contributed by atoms with Crippen molar-refractivity contribution in [1.82, 2.24) is 0 Å². The van der Waals surface area contributed by atoms with Crippen molar-refractivity contribution < 1.29 is 0 Å². The van der Waals surface area contributed by atoms with Crippen LogP contribution >= 0.6 is 22.2 Å². The van der Waals surface area contributed by atoms with Crippen LogP contribution in [0, 0.1) is 0 Å². The standard InChI is InChI=1S/C12H30Cl2Si4/c1-11(2,3)17(7,8)15(13)16(14)18(9,10)12(4,5)6/h1-10H3/b16-15-. The zero-order valence-electron chi connectivity index (χ0n) is 13.8. The van der Waals surface area contributed by atoms with Gasteiger partial charge in [0.15, 0.2) is 0 Å². The molecule has 0 aromatic rings. The van der Waals surface area contributed by atoms with Crippen LogP contribution in [0.25, 0.3) is 0 Å². The lowest BCUT2D eigenvalue weighted by atomic mass is 10.2. The van der Waals surface area contributed by atoms with Crippen molar-refractivity contribution in [2.75, 3.05) is 0 Å². The van der Waals surface area contributed by atoms with Gasteiger partial charge in [0.05, 0.1) is 15.2 Å². The molecule has 6 heteroatoms. The van der Waals surface area contributed by atoms with Gasteiger partial charge in [-0.25, -0.2) is 0 Å². The predicted octanol–water partition coefficient (Wildman–Crippen LogP) is 5.70. The summed E-state index contributed by atoms with van der Waals surface area (Å²) in [6.07, 6.45) is 0. The molecule has 0 aromatic carbocycles. The smallest absolute Gasteiger partial charge is 0.104 e. The first-order chi connectivity index (χ1) is 7.57. The summed E-state index contributed by atoms with van der Waals surface area (Å²) in [5.74, 6) is 0. The van der Waals surface area contributed by atoms with Crippen LogP contribution < -0.4 is 0 Å². The molecular weight excluding hydrogens is 327 g/mol. The first-order valence-electron chi connectivity index (χ1n) is 6.63. The first kappa shape index (κ1) is 19.4. The number of hydrogen-bond acceptors (Lipinski definition) is 0. The van der Waals surface area contributed by atoms with E-state index in [-0.39, 0.29) is 0 Å². The first-order valence-corrected chi connectivity index (χ1v) is 20.7. The van der Waals surface area contributed by atoms with E-state index in [9.17, 15) is 0 Å². The van der Waals surface area contributed by atoms with E-state index in [1.807, 2.05) is 0 Å². The largest absolute Gasteiger partial charge is 0.147 e. The van der Waals surface area contributed by atoms with Crippen molar-refractivity contribution in [3.05, 3.63) is 0 Å². The molecule has 0 heterocycles. The Hall–Kier alpha value is 1.45. The number of halogens is 2. The average Bonchev–Trinajstić information content (AvgIpc) is 2.11. The molecular formula is C12H30Cl2Si4. The van der Waals surface area contributed by atoms with Crippen LogP contribution in [0.15, 0.2) is 0 Å². The van der Waals surface area contributed by atoms with E-state index in [0.29, 0.717) is 10.1 Å². The van der Waals surface area contributed by atoms with Crippen molar-refractivity contribution in [1.29, 1.82) is 0 Å². The molecule has 0 radical (unpaired) electrons. The molecule has 0 amide bonds. The third-order valence-corrected chi connectivity index (χ3v) is 61.0. The third kappa shape index (κ3) is 3.76. The van der Waals surface area contributed by atoms with Crippen LogP contribution in [0.4, 0.5) is 0 Å². The molecule has 0 saturated heterocycles. The van der Waals surface area contributed by atoms with E-state index in [4.69, 9.17) is 22.2 Å². The molecule has 0 aliphatic rings. The minimum Gasteiger partial charge on any atom is -0.147 e. The monoisotopic (exact) mass is 356 g/mol. The summed E-state index contributed by atoms with van der Waals surface area (Å²) in [7, 11) is -2.89. The summed E-state index contributed by atoms with van der Waals surface area (Å²) < 4.78 is 0. The molecule has 108 valence electrons. The Balaban J connectivity index is 5.81. The summed E-state index contributed by atoms with van der Waals surface area (Å²) >= 11 is 14.0. The van der Waals surface area contributed by atoms with Crippen LogP contribution in [0.1, 0.15) is 41.5 Å². The second kappa shape index (κ2) is 5.68. The van der Waals surface area contributed by atoms with Crippen molar-refractivity contribution in [3.8, 4) is 0 Å². The van der Waals surface area contributed by atoms with Crippen LogP contribution in [-0.4, -0.2) is 28.6 Å². The molecule has 0 aromatic heterocycles. The molecule has 0 saturated carbocycles. The molecule has 0 atom stereocenters. The van der Waals surface area contributed by atoms with Crippen molar-refractivity contribution in [3.63, 3.8) is 0 Å². The molecule has 0 aliphatic carbocycles. The van der Waals surface area contributed by atoms with E-state index in [2.05, 4.69) is 67.7 Å². The summed E-state index contributed by atoms with van der Waals surface area (Å²) in [5.41, 5.74) is 0. The van der Waals surface area contributed by atoms with Gasteiger partial charge in [-0.1, -0.05) is 67.7 Å². The maximum Gasteiger partial charge on any atom is 0.104 e. The second-order valence-electron chi connectivity index (χ2n) is 8.38. The fourth-order valence-corrected chi connectivity index (χ4v) is 62.2. The summed E-state index contributed by atoms with van der Waals surface area (Å²) in [4.78, 5) is 0. The normalized spacial score (nSPS) is 16.7. The molecule has 0 fully saturated rings. The Morgan fingerprint density at radius 3 is 0.889 bits per heavy atom. The Bertz CT molecular complexity index is 312. The topological polar surface area (TPSA) is 0 Å². The molecule has 0 unspecified atom stereocenters. The van der Waals surface area contributed by atoms with Gasteiger partial charge in [0, 0.05) is 0 Å². The third-order valence-electron chi connectivity index (χ3n) is 5.04. The summed E-state index contributed by atoms with van der Waals surface area (Å²) in [5, 5.41) is 0.715. The fraction of sp³-hybridized carbons (Fsp3) is 1.00. The van der Waals surface area contributed by atoms with Crippen LogP contribution in [-0.2, 0) is 0 Å². The highest BCUT2D eigenvalue weighted by Crippen LogP contribution is 2.41. The molecule has 18 heavy (non-hydrogen) atoms. The quantitative estimate of drug-likeness (QED) is 0.439. The van der Waals surface area contributed by atoms with Crippen molar-refractivity contribution >= 4 is 50.8 Å². The van der Waals surface area contributed by atoms with Gasteiger partial charge >= 0.3 is 0 Å². The van der Waals surface area contributed by atoms with E-state index in [1.165, 1.54) is 0 Å². The van der Waals surface area contributed by atoms with Gasteiger partial charge in [0.25, 0.3) is 0 Å². The van der Waals surface area contributed by atoms with Gasteiger partial charge in [0.2, 0.25) is 0 Å². The van der Waals surface area contributed by atoms with Crippen LogP contribution in [0.5, 0.6) is 0 Å². The Kier molecular flexibility index (Phi) is 6.14. The van der Waals surface area contributed by atoms with Gasteiger partial charge in [0.1, 0.15) is 13.4 Å². The van der Waals surface area contributed by atoms with E-state index >= 15 is 0 Å². The SMILES string of the molecule is CC(C)(C)[Si](C)(C)/[Si](Cl)=[Si](/Cl)[Si](C)(C)C(C)(C)C. The maximum absolute atomic E-state index is 7.01. The molecule has 0 spiro atoms. The number of hydrogen-bond donors (Lipinski definition) is 0. The lowest BCUT2D eigenvalue weighted by Crippen LogP contribution is -2.56. The molecule has 0 rings (SSSR count). The maximum atomic E-state index is 7.01. The lowest BCUT2D eigenvalue weighted by molar-refractivity contribution is 0.733. The minimum atomic E-state index is -1.44. The van der Waals surface area contributed by atoms with E-state index in [1.54, 1.807) is 0 Å². The summed E-state index contributed by atoms with van der Waals surface area (Å²) in [6, 6.07) is 0. The number of rotatable bonds is 2. The summed E-state index contributed by atoms with van der Waals surface area (Å²) in [6.45, 7) is 22.1. The van der Waals surface area contributed by atoms with Gasteiger partial charge in [-0.15, -0.1) is 22.2 Å². The highest BCUT2D eigenvalue weighted by Gasteiger charge is 2.46. The molecule has 0 nitrogen and oxygen atoms in total. The van der Waals surface area contributed by atoms with Crippen molar-refractivity contribution in [2.24, 2.45) is 0 Å². The Morgan fingerprint density at radius 1 is 0.611 bits per heavy atom. The van der Waals surface area contributed by atoms with Crippen LogP contribution in [0.2, 0.25) is 36.3 Å². The molecule has 0 aliphatic heterocycles. The van der Waals surface area contributed by atoms with Gasteiger partial charge in [-0.2, -0.15) is 0 Å². The fourth-order valence-electron chi connectivity index (χ4n) is 1.21. The van der Waals surface area contributed by atoms with Gasteiger partial charge in [-0.3, -0.25) is 0 Å². The highest BCUT2D eigenvalue weighted by atomic mass is 35.6. The Labute approximate surface area is 128 Å². The van der Waals surface area contributed by atoms with Crippen LogP contribution in [0.3, 0.4) is 0 Å². The van der Waals surface area contributed by atoms with Gasteiger partial charge in [-0.05, 0) is 10.1 Å². The van der Waals surface area contributed by atoms with Gasteiger partial charge < -0.3 is 0 Å². The average molecular weight is 358 g/mol. The molecule has 0 N–H and O–H groups in total. The minimum absolute atomic E-state index is 0.357. The zero-order valence-corrected chi connectivity index (χ0v) is 19.3. The zero-order chi connectivity index (χ0) is 15.2. The van der Waals surface area contributed by atoms with Crippen molar-refractivity contribution in [2.45, 2.75) is 77.8 Å². The Morgan fingerprint density at radius 2 is 0.778 bits per heavy atom. The van der Waals surface area contributed by atoms with E-state index in [0.717, 1.165) is 0 Å². The predicted molar refractivity (Wildman–Crippen MR) is 97.6 cm³/mol.